The lowest BCUT2D eigenvalue weighted by atomic mass is 10.1. The number of nitrogens with zero attached hydrogens (tertiary/aromatic N) is 3. The van der Waals surface area contributed by atoms with Crippen LogP contribution in [0.4, 0.5) is 0 Å². The van der Waals surface area contributed by atoms with Crippen LogP contribution in [0.2, 0.25) is 0 Å². The van der Waals surface area contributed by atoms with Crippen LogP contribution < -0.4 is 10.6 Å². The van der Waals surface area contributed by atoms with Gasteiger partial charge in [-0.25, -0.2) is 4.99 Å². The lowest BCUT2D eigenvalue weighted by Crippen LogP contribution is -2.47. The number of carbonyl (C=O) groups is 1. The van der Waals surface area contributed by atoms with Crippen LogP contribution in [0.1, 0.15) is 26.3 Å². The van der Waals surface area contributed by atoms with Crippen molar-refractivity contribution in [2.45, 2.75) is 39.3 Å². The normalized spacial score (nSPS) is 20.0. The minimum absolute atomic E-state index is 0. The number of nitrogens with one attached hydrogen (secondary N) is 2. The highest BCUT2D eigenvalue weighted by Crippen LogP contribution is 2.18. The number of benzene rings is 1. The third-order valence-electron chi connectivity index (χ3n) is 5.11. The SMILES string of the molecule is CC1CN(C(C)C)CC1NC(=NCC(=O)N(C)C)NCCc1ccccc1.I. The van der Waals surface area contributed by atoms with Gasteiger partial charge >= 0.3 is 0 Å². The van der Waals surface area contributed by atoms with E-state index >= 15 is 0 Å². The fourth-order valence-corrected chi connectivity index (χ4v) is 3.20. The predicted molar refractivity (Wildman–Crippen MR) is 127 cm³/mol. The topological polar surface area (TPSA) is 60.0 Å². The van der Waals surface area contributed by atoms with E-state index in [0.29, 0.717) is 18.0 Å². The van der Waals surface area contributed by atoms with Crippen molar-refractivity contribution < 1.29 is 4.79 Å². The molecule has 1 amide bonds. The fraction of sp³-hybridized carbons (Fsp3) is 0.619. The molecule has 2 unspecified atom stereocenters. The Labute approximate surface area is 187 Å². The van der Waals surface area contributed by atoms with E-state index in [9.17, 15) is 4.79 Å². The Balaban J connectivity index is 0.00000392. The van der Waals surface area contributed by atoms with E-state index in [-0.39, 0.29) is 36.4 Å². The molecule has 7 heteroatoms. The molecule has 0 saturated carbocycles. The summed E-state index contributed by atoms with van der Waals surface area (Å²) in [4.78, 5) is 20.5. The average Bonchev–Trinajstić information content (AvgIpc) is 3.01. The van der Waals surface area contributed by atoms with E-state index < -0.39 is 0 Å². The van der Waals surface area contributed by atoms with Crippen molar-refractivity contribution >= 4 is 35.8 Å². The summed E-state index contributed by atoms with van der Waals surface area (Å²) in [6.07, 6.45) is 0.918. The van der Waals surface area contributed by atoms with Gasteiger partial charge in [-0.2, -0.15) is 0 Å². The lowest BCUT2D eigenvalue weighted by molar-refractivity contribution is -0.127. The monoisotopic (exact) mass is 501 g/mol. The molecule has 6 nitrogen and oxygen atoms in total. The Kier molecular flexibility index (Phi) is 10.8. The van der Waals surface area contributed by atoms with Crippen LogP contribution in [0.25, 0.3) is 0 Å². The van der Waals surface area contributed by atoms with Gasteiger partial charge in [0.2, 0.25) is 5.91 Å². The molecule has 1 aliphatic rings. The van der Waals surface area contributed by atoms with Crippen LogP contribution in [0.15, 0.2) is 35.3 Å². The smallest absolute Gasteiger partial charge is 0.243 e. The van der Waals surface area contributed by atoms with E-state index in [1.54, 1.807) is 19.0 Å². The first-order valence-corrected chi connectivity index (χ1v) is 9.89. The van der Waals surface area contributed by atoms with Crippen molar-refractivity contribution in [1.29, 1.82) is 0 Å². The molecule has 1 aliphatic heterocycles. The van der Waals surface area contributed by atoms with E-state index in [0.717, 1.165) is 32.0 Å². The van der Waals surface area contributed by atoms with Crippen LogP contribution >= 0.6 is 24.0 Å². The fourth-order valence-electron chi connectivity index (χ4n) is 3.20. The van der Waals surface area contributed by atoms with Gasteiger partial charge in [0.25, 0.3) is 0 Å². The summed E-state index contributed by atoms with van der Waals surface area (Å²) in [5, 5.41) is 6.96. The number of carbonyl (C=O) groups excluding carboxylic acids is 1. The highest BCUT2D eigenvalue weighted by Gasteiger charge is 2.31. The maximum Gasteiger partial charge on any atom is 0.243 e. The number of halogens is 1. The zero-order valence-electron chi connectivity index (χ0n) is 17.8. The van der Waals surface area contributed by atoms with Crippen molar-refractivity contribution in [2.24, 2.45) is 10.9 Å². The molecule has 1 aromatic rings. The molecule has 0 radical (unpaired) electrons. The van der Waals surface area contributed by atoms with Crippen molar-refractivity contribution in [3.63, 3.8) is 0 Å². The third kappa shape index (κ3) is 7.95. The molecule has 0 bridgehead atoms. The van der Waals surface area contributed by atoms with Crippen LogP contribution in [0.3, 0.4) is 0 Å². The molecule has 1 fully saturated rings. The molecule has 2 N–H and O–H groups in total. The van der Waals surface area contributed by atoms with Crippen LogP contribution in [0, 0.1) is 5.92 Å². The lowest BCUT2D eigenvalue weighted by Gasteiger charge is -2.22. The molecule has 158 valence electrons. The highest BCUT2D eigenvalue weighted by molar-refractivity contribution is 14.0. The summed E-state index contributed by atoms with van der Waals surface area (Å²) in [6.45, 7) is 9.76. The van der Waals surface area contributed by atoms with Crippen molar-refractivity contribution in [3.8, 4) is 0 Å². The number of hydrogen-bond acceptors (Lipinski definition) is 3. The number of likely N-dealkylation sites (tertiary alicyclic amines) is 1. The van der Waals surface area contributed by atoms with Gasteiger partial charge < -0.3 is 15.5 Å². The van der Waals surface area contributed by atoms with Crippen molar-refractivity contribution in [3.05, 3.63) is 35.9 Å². The molecular weight excluding hydrogens is 465 g/mol. The second-order valence-electron chi connectivity index (χ2n) is 7.89. The Morgan fingerprint density at radius 1 is 1.25 bits per heavy atom. The average molecular weight is 501 g/mol. The first kappa shape index (κ1) is 24.7. The zero-order valence-corrected chi connectivity index (χ0v) is 20.1. The summed E-state index contributed by atoms with van der Waals surface area (Å²) >= 11 is 0. The molecule has 1 aromatic carbocycles. The standard InChI is InChI=1S/C21H35N5O.HI/c1-16(2)26-14-17(3)19(15-26)24-21(23-13-20(27)25(4)5)22-12-11-18-9-7-6-8-10-18;/h6-10,16-17,19H,11-15H2,1-5H3,(H2,22,23,24);1H. The van der Waals surface area contributed by atoms with Gasteiger partial charge in [0.1, 0.15) is 6.54 Å². The van der Waals surface area contributed by atoms with Crippen LogP contribution in [0.5, 0.6) is 0 Å². The summed E-state index contributed by atoms with van der Waals surface area (Å²) in [5.41, 5.74) is 1.29. The number of rotatable bonds is 7. The summed E-state index contributed by atoms with van der Waals surface area (Å²) in [6, 6.07) is 11.3. The highest BCUT2D eigenvalue weighted by atomic mass is 127. The molecule has 2 atom stereocenters. The van der Waals surface area contributed by atoms with Crippen molar-refractivity contribution in [2.75, 3.05) is 40.3 Å². The van der Waals surface area contributed by atoms with Gasteiger partial charge in [-0.15, -0.1) is 24.0 Å². The van der Waals surface area contributed by atoms with E-state index in [2.05, 4.69) is 65.6 Å². The minimum Gasteiger partial charge on any atom is -0.356 e. The molecule has 0 aliphatic carbocycles. The Morgan fingerprint density at radius 3 is 2.50 bits per heavy atom. The van der Waals surface area contributed by atoms with E-state index in [1.807, 2.05) is 6.07 Å². The Morgan fingerprint density at radius 2 is 1.93 bits per heavy atom. The van der Waals surface area contributed by atoms with Gasteiger partial charge in [-0.1, -0.05) is 37.3 Å². The Hall–Kier alpha value is -1.35. The Bertz CT molecular complexity index is 620. The largest absolute Gasteiger partial charge is 0.356 e. The van der Waals surface area contributed by atoms with Crippen LogP contribution in [-0.4, -0.2) is 74.0 Å². The van der Waals surface area contributed by atoms with E-state index in [4.69, 9.17) is 0 Å². The number of amides is 1. The summed E-state index contributed by atoms with van der Waals surface area (Å²) in [7, 11) is 3.51. The number of aliphatic imine (C=N–C) groups is 1. The second kappa shape index (κ2) is 12.3. The summed E-state index contributed by atoms with van der Waals surface area (Å²) < 4.78 is 0. The molecular formula is C21H36IN5O. The third-order valence-corrected chi connectivity index (χ3v) is 5.11. The molecule has 2 rings (SSSR count). The number of hydrogen-bond donors (Lipinski definition) is 2. The molecule has 1 heterocycles. The first-order chi connectivity index (χ1) is 12.9. The number of likely N-dealkylation sites (N-methyl/N-ethyl adjacent to an activating group) is 1. The first-order valence-electron chi connectivity index (χ1n) is 9.89. The maximum atomic E-state index is 11.9. The van der Waals surface area contributed by atoms with Crippen molar-refractivity contribution in [1.82, 2.24) is 20.4 Å². The maximum absolute atomic E-state index is 11.9. The van der Waals surface area contributed by atoms with Gasteiger partial charge in [0, 0.05) is 45.8 Å². The molecule has 0 aromatic heterocycles. The molecule has 1 saturated heterocycles. The minimum atomic E-state index is 0. The zero-order chi connectivity index (χ0) is 19.8. The quantitative estimate of drug-likeness (QED) is 0.342. The van der Waals surface area contributed by atoms with Gasteiger partial charge in [0.15, 0.2) is 5.96 Å². The predicted octanol–water partition coefficient (Wildman–Crippen LogP) is 2.20. The molecule has 28 heavy (non-hydrogen) atoms. The number of guanidine groups is 1. The van der Waals surface area contributed by atoms with Gasteiger partial charge in [0.05, 0.1) is 0 Å². The van der Waals surface area contributed by atoms with Gasteiger partial charge in [-0.05, 0) is 31.7 Å². The summed E-state index contributed by atoms with van der Waals surface area (Å²) in [5.74, 6) is 1.27. The second-order valence-corrected chi connectivity index (χ2v) is 7.89. The molecule has 0 spiro atoms. The van der Waals surface area contributed by atoms with Crippen LogP contribution in [-0.2, 0) is 11.2 Å². The van der Waals surface area contributed by atoms with E-state index in [1.165, 1.54) is 5.56 Å². The van der Waals surface area contributed by atoms with Gasteiger partial charge in [-0.3, -0.25) is 9.69 Å².